The summed E-state index contributed by atoms with van der Waals surface area (Å²) in [6.45, 7) is 0.199. The molecule has 7 N–H and O–H groups in total. The Hall–Kier alpha value is -2.16. The maximum atomic E-state index is 9.72. The van der Waals surface area contributed by atoms with Crippen LogP contribution in [0.1, 0.15) is 18.1 Å². The molecule has 0 heterocycles. The molecule has 0 fully saturated rings. The third-order valence-electron chi connectivity index (χ3n) is 2.15. The van der Waals surface area contributed by atoms with Gasteiger partial charge in [0.05, 0.1) is 12.5 Å². The number of aliphatic carboxylic acids is 2. The molecule has 1 rings (SSSR count). The van der Waals surface area contributed by atoms with Gasteiger partial charge in [0, 0.05) is 6.54 Å². The molecular weight excluding hydrogens is 270 g/mol. The lowest BCUT2D eigenvalue weighted by molar-refractivity contribution is -0.152. The highest BCUT2D eigenvalue weighted by Crippen LogP contribution is 2.15. The third-order valence-corrected chi connectivity index (χ3v) is 2.15. The summed E-state index contributed by atoms with van der Waals surface area (Å²) in [6.07, 6.45) is -3.17. The van der Waals surface area contributed by atoms with Gasteiger partial charge in [-0.05, 0) is 17.7 Å². The maximum Gasteiger partial charge on any atom is 0.333 e. The summed E-state index contributed by atoms with van der Waals surface area (Å²) in [7, 11) is 0. The van der Waals surface area contributed by atoms with E-state index in [0.29, 0.717) is 0 Å². The number of nitrogens with two attached hydrogens (primary N) is 1. The van der Waals surface area contributed by atoms with Crippen LogP contribution in [-0.4, -0.2) is 50.1 Å². The number of phenols is 1. The average Bonchev–Trinajstić information content (AvgIpc) is 2.38. The minimum atomic E-state index is -1.79. The van der Waals surface area contributed by atoms with Crippen LogP contribution in [0.4, 0.5) is 0 Å². The second kappa shape index (κ2) is 8.86. The van der Waals surface area contributed by atoms with Gasteiger partial charge in [0.2, 0.25) is 0 Å². The lowest BCUT2D eigenvalue weighted by Crippen LogP contribution is -2.22. The minimum absolute atomic E-state index is 0.193. The molecule has 0 saturated heterocycles. The second-order valence-electron chi connectivity index (χ2n) is 3.79. The lowest BCUT2D eigenvalue weighted by Gasteiger charge is -2.06. The Morgan fingerprint density at radius 3 is 1.90 bits per heavy atom. The highest BCUT2D eigenvalue weighted by atomic mass is 16.4. The zero-order valence-corrected chi connectivity index (χ0v) is 10.5. The first-order valence-electron chi connectivity index (χ1n) is 5.57. The number of hydrogen-bond acceptors (Lipinski definition) is 6. The highest BCUT2D eigenvalue weighted by Gasteiger charge is 2.16. The summed E-state index contributed by atoms with van der Waals surface area (Å²) < 4.78 is 0. The molecule has 20 heavy (non-hydrogen) atoms. The first-order valence-corrected chi connectivity index (χ1v) is 5.57. The fraction of sp³-hybridized carbons (Fsp3) is 0.333. The Balaban J connectivity index is 0.000000370. The second-order valence-corrected chi connectivity index (χ2v) is 3.79. The Morgan fingerprint density at radius 1 is 1.10 bits per heavy atom. The van der Waals surface area contributed by atoms with E-state index in [1.165, 1.54) is 12.1 Å². The summed E-state index contributed by atoms with van der Waals surface area (Å²) in [4.78, 5) is 19.4. The molecular formula is C12H17NO7. The molecule has 0 radical (unpaired) electrons. The summed E-state index contributed by atoms with van der Waals surface area (Å²) in [5.74, 6) is -2.65. The molecule has 112 valence electrons. The van der Waals surface area contributed by atoms with Crippen molar-refractivity contribution in [3.63, 3.8) is 0 Å². The van der Waals surface area contributed by atoms with Gasteiger partial charge in [-0.25, -0.2) is 4.79 Å². The van der Waals surface area contributed by atoms with Crippen molar-refractivity contribution in [1.82, 2.24) is 0 Å². The number of carbonyl (C=O) groups is 2. The number of phenolic OH excluding ortho intramolecular Hbond substituents is 1. The largest absolute Gasteiger partial charge is 0.508 e. The van der Waals surface area contributed by atoms with Crippen LogP contribution in [-0.2, 0) is 9.59 Å². The SMILES string of the molecule is NCC(O)c1ccc(O)cc1.O=C(O)CC(O)C(=O)O. The quantitative estimate of drug-likeness (QED) is 0.414. The van der Waals surface area contributed by atoms with Crippen LogP contribution in [0.2, 0.25) is 0 Å². The van der Waals surface area contributed by atoms with Crippen LogP contribution in [0, 0.1) is 0 Å². The van der Waals surface area contributed by atoms with Crippen molar-refractivity contribution in [2.75, 3.05) is 6.54 Å². The molecule has 1 aromatic carbocycles. The number of aliphatic hydroxyl groups is 2. The number of carboxylic acid groups (broad SMARTS) is 2. The van der Waals surface area contributed by atoms with Gasteiger partial charge in [-0.3, -0.25) is 4.79 Å². The molecule has 0 aromatic heterocycles. The Morgan fingerprint density at radius 2 is 1.60 bits per heavy atom. The molecule has 8 heteroatoms. The number of aliphatic hydroxyl groups excluding tert-OH is 2. The van der Waals surface area contributed by atoms with Crippen molar-refractivity contribution < 1.29 is 35.1 Å². The maximum absolute atomic E-state index is 9.72. The fourth-order valence-electron chi connectivity index (χ4n) is 1.09. The molecule has 0 aliphatic rings. The van der Waals surface area contributed by atoms with Crippen LogP contribution in [0.5, 0.6) is 5.75 Å². The van der Waals surface area contributed by atoms with E-state index in [1.54, 1.807) is 12.1 Å². The van der Waals surface area contributed by atoms with Crippen molar-refractivity contribution in [2.45, 2.75) is 18.6 Å². The zero-order valence-electron chi connectivity index (χ0n) is 10.5. The number of benzene rings is 1. The van der Waals surface area contributed by atoms with Gasteiger partial charge in [-0.2, -0.15) is 0 Å². The first-order chi connectivity index (χ1) is 9.27. The van der Waals surface area contributed by atoms with E-state index in [-0.39, 0.29) is 12.3 Å². The highest BCUT2D eigenvalue weighted by molar-refractivity contribution is 5.79. The van der Waals surface area contributed by atoms with E-state index in [0.717, 1.165) is 5.56 Å². The molecule has 8 nitrogen and oxygen atoms in total. The van der Waals surface area contributed by atoms with Gasteiger partial charge in [-0.15, -0.1) is 0 Å². The van der Waals surface area contributed by atoms with Crippen LogP contribution in [0.3, 0.4) is 0 Å². The predicted octanol–water partition coefficient (Wildman–Crippen LogP) is -0.709. The molecule has 1 aromatic rings. The molecule has 0 aliphatic carbocycles. The molecule has 0 spiro atoms. The van der Waals surface area contributed by atoms with E-state index in [9.17, 15) is 14.7 Å². The molecule has 0 aliphatic heterocycles. The van der Waals surface area contributed by atoms with Crippen molar-refractivity contribution in [2.24, 2.45) is 5.73 Å². The predicted molar refractivity (Wildman–Crippen MR) is 68.0 cm³/mol. The fourth-order valence-corrected chi connectivity index (χ4v) is 1.09. The van der Waals surface area contributed by atoms with E-state index in [1.807, 2.05) is 0 Å². The monoisotopic (exact) mass is 287 g/mol. The number of rotatable bonds is 5. The van der Waals surface area contributed by atoms with Crippen molar-refractivity contribution >= 4 is 11.9 Å². The van der Waals surface area contributed by atoms with Crippen molar-refractivity contribution in [3.05, 3.63) is 29.8 Å². The lowest BCUT2D eigenvalue weighted by atomic mass is 10.1. The number of carboxylic acids is 2. The minimum Gasteiger partial charge on any atom is -0.508 e. The van der Waals surface area contributed by atoms with Gasteiger partial charge in [0.15, 0.2) is 6.10 Å². The smallest absolute Gasteiger partial charge is 0.333 e. The van der Waals surface area contributed by atoms with Gasteiger partial charge in [-0.1, -0.05) is 12.1 Å². The average molecular weight is 287 g/mol. The standard InChI is InChI=1S/C8H11NO2.C4H6O5/c9-5-8(11)6-1-3-7(10)4-2-6;5-2(4(8)9)1-3(6)7/h1-4,8,10-11H,5,9H2;2,5H,1H2,(H,6,7)(H,8,9). The van der Waals surface area contributed by atoms with Crippen LogP contribution < -0.4 is 5.73 Å². The third kappa shape index (κ3) is 7.31. The van der Waals surface area contributed by atoms with Crippen LogP contribution in [0.15, 0.2) is 24.3 Å². The van der Waals surface area contributed by atoms with Crippen LogP contribution in [0.25, 0.3) is 0 Å². The number of hydrogen-bond donors (Lipinski definition) is 6. The summed E-state index contributed by atoms with van der Waals surface area (Å²) in [6, 6.07) is 6.34. The number of aromatic hydroxyl groups is 1. The van der Waals surface area contributed by atoms with E-state index in [2.05, 4.69) is 0 Å². The normalized spacial score (nSPS) is 12.8. The summed E-state index contributed by atoms with van der Waals surface area (Å²) in [5.41, 5.74) is 5.96. The molecule has 2 unspecified atom stereocenters. The van der Waals surface area contributed by atoms with Gasteiger partial charge >= 0.3 is 11.9 Å². The van der Waals surface area contributed by atoms with E-state index in [4.69, 9.17) is 26.2 Å². The van der Waals surface area contributed by atoms with Crippen molar-refractivity contribution in [1.29, 1.82) is 0 Å². The summed E-state index contributed by atoms with van der Waals surface area (Å²) >= 11 is 0. The topological polar surface area (TPSA) is 161 Å². The molecule has 0 amide bonds. The van der Waals surface area contributed by atoms with E-state index < -0.39 is 30.6 Å². The summed E-state index contributed by atoms with van der Waals surface area (Å²) in [5, 5.41) is 42.3. The van der Waals surface area contributed by atoms with Gasteiger partial charge < -0.3 is 31.3 Å². The van der Waals surface area contributed by atoms with Gasteiger partial charge in [0.25, 0.3) is 0 Å². The molecule has 0 bridgehead atoms. The first kappa shape index (κ1) is 17.8. The Bertz CT molecular complexity index is 432. The van der Waals surface area contributed by atoms with Crippen LogP contribution >= 0.6 is 0 Å². The zero-order chi connectivity index (χ0) is 15.7. The molecule has 0 saturated carbocycles. The van der Waals surface area contributed by atoms with Crippen molar-refractivity contribution in [3.8, 4) is 5.75 Å². The van der Waals surface area contributed by atoms with E-state index >= 15 is 0 Å². The molecule has 2 atom stereocenters. The Kier molecular flexibility index (Phi) is 7.90. The Labute approximate surface area is 114 Å². The van der Waals surface area contributed by atoms with Gasteiger partial charge in [0.1, 0.15) is 5.75 Å².